The quantitative estimate of drug-likeness (QED) is 0.538. The molecule has 0 aliphatic heterocycles. The first-order valence-corrected chi connectivity index (χ1v) is 7.55. The van der Waals surface area contributed by atoms with Crippen LogP contribution in [0.2, 0.25) is 0 Å². The molecule has 0 spiro atoms. The number of nitrogens with zero attached hydrogens (tertiary/aromatic N) is 1. The van der Waals surface area contributed by atoms with E-state index in [2.05, 4.69) is 6.58 Å². The highest BCUT2D eigenvalue weighted by Gasteiger charge is 2.10. The molecule has 3 heteroatoms. The first kappa shape index (κ1) is 15.0. The number of aryl methyl sites for hydroxylation is 1. The number of aromatic nitrogens is 1. The monoisotopic (exact) mass is 303 g/mol. The predicted octanol–water partition coefficient (Wildman–Crippen LogP) is 4.06. The Morgan fingerprint density at radius 2 is 1.74 bits per heavy atom. The van der Waals surface area contributed by atoms with Crippen LogP contribution < -0.4 is 5.56 Å². The third-order valence-corrected chi connectivity index (χ3v) is 4.00. The Morgan fingerprint density at radius 1 is 1.09 bits per heavy atom. The zero-order valence-corrected chi connectivity index (χ0v) is 13.0. The summed E-state index contributed by atoms with van der Waals surface area (Å²) < 4.78 is 1.71. The lowest BCUT2D eigenvalue weighted by molar-refractivity contribution is 0.104. The Bertz CT molecular complexity index is 950. The van der Waals surface area contributed by atoms with Crippen LogP contribution >= 0.6 is 0 Å². The molecular weight excluding hydrogens is 286 g/mol. The van der Waals surface area contributed by atoms with Gasteiger partial charge in [-0.25, -0.2) is 0 Å². The van der Waals surface area contributed by atoms with E-state index in [-0.39, 0.29) is 11.3 Å². The van der Waals surface area contributed by atoms with Crippen LogP contribution in [0.4, 0.5) is 0 Å². The summed E-state index contributed by atoms with van der Waals surface area (Å²) in [6.07, 6.45) is 3.19. The molecule has 0 unspecified atom stereocenters. The van der Waals surface area contributed by atoms with Crippen molar-refractivity contribution in [2.75, 3.05) is 0 Å². The molecule has 0 radical (unpaired) electrons. The molecule has 3 aromatic rings. The Labute approximate surface area is 134 Å². The molecule has 0 bridgehead atoms. The van der Waals surface area contributed by atoms with E-state index in [1.54, 1.807) is 16.7 Å². The Balaban J connectivity index is 2.23. The van der Waals surface area contributed by atoms with Gasteiger partial charge in [0.1, 0.15) is 0 Å². The summed E-state index contributed by atoms with van der Waals surface area (Å²) in [5.41, 5.74) is 2.59. The number of benzene rings is 2. The maximum Gasteiger partial charge on any atom is 0.258 e. The van der Waals surface area contributed by atoms with Gasteiger partial charge < -0.3 is 4.57 Å². The van der Waals surface area contributed by atoms with Gasteiger partial charge in [0.2, 0.25) is 0 Å². The van der Waals surface area contributed by atoms with Crippen molar-refractivity contribution in [2.24, 2.45) is 0 Å². The largest absolute Gasteiger partial charge is 0.315 e. The van der Waals surface area contributed by atoms with Crippen molar-refractivity contribution in [3.63, 3.8) is 0 Å². The average molecular weight is 303 g/mol. The molecule has 3 nitrogen and oxygen atoms in total. The standard InChI is InChI=1S/C20H17NO2/c1-3-19(22)15-11-9-14(10-12-15)18-13-21(4-2)20(23)17-8-6-5-7-16(17)18/h3,5-13H,1,4H2,2H3. The second-order valence-corrected chi connectivity index (χ2v) is 5.33. The maximum absolute atomic E-state index is 12.4. The van der Waals surface area contributed by atoms with Gasteiger partial charge in [-0.1, -0.05) is 49.0 Å². The van der Waals surface area contributed by atoms with Crippen molar-refractivity contribution in [2.45, 2.75) is 13.5 Å². The average Bonchev–Trinajstić information content (AvgIpc) is 2.62. The number of rotatable bonds is 4. The predicted molar refractivity (Wildman–Crippen MR) is 93.8 cm³/mol. The molecule has 1 aromatic heterocycles. The highest BCUT2D eigenvalue weighted by atomic mass is 16.1. The van der Waals surface area contributed by atoms with E-state index >= 15 is 0 Å². The van der Waals surface area contributed by atoms with Crippen molar-refractivity contribution in [1.82, 2.24) is 4.57 Å². The van der Waals surface area contributed by atoms with Crippen LogP contribution in [0.15, 0.2) is 72.2 Å². The molecule has 1 heterocycles. The highest BCUT2D eigenvalue weighted by molar-refractivity contribution is 6.04. The summed E-state index contributed by atoms with van der Waals surface area (Å²) in [6.45, 7) is 6.07. The van der Waals surface area contributed by atoms with Crippen LogP contribution in [-0.2, 0) is 6.54 Å². The Morgan fingerprint density at radius 3 is 2.35 bits per heavy atom. The summed E-state index contributed by atoms with van der Waals surface area (Å²) in [5.74, 6) is -0.0973. The van der Waals surface area contributed by atoms with Crippen molar-refractivity contribution in [3.05, 3.63) is 83.3 Å². The minimum Gasteiger partial charge on any atom is -0.315 e. The summed E-state index contributed by atoms with van der Waals surface area (Å²) >= 11 is 0. The van der Waals surface area contributed by atoms with Crippen LogP contribution in [0.25, 0.3) is 21.9 Å². The van der Waals surface area contributed by atoms with Gasteiger partial charge in [-0.3, -0.25) is 9.59 Å². The Kier molecular flexibility index (Phi) is 3.94. The molecule has 0 saturated heterocycles. The van der Waals surface area contributed by atoms with Crippen LogP contribution in [-0.4, -0.2) is 10.4 Å². The fourth-order valence-electron chi connectivity index (χ4n) is 2.74. The van der Waals surface area contributed by atoms with E-state index < -0.39 is 0 Å². The van der Waals surface area contributed by atoms with Crippen LogP contribution in [0.5, 0.6) is 0 Å². The summed E-state index contributed by atoms with van der Waals surface area (Å²) in [4.78, 5) is 24.1. The van der Waals surface area contributed by atoms with E-state index in [0.29, 0.717) is 17.5 Å². The van der Waals surface area contributed by atoms with Crippen molar-refractivity contribution in [3.8, 4) is 11.1 Å². The summed E-state index contributed by atoms with van der Waals surface area (Å²) in [7, 11) is 0. The highest BCUT2D eigenvalue weighted by Crippen LogP contribution is 2.27. The van der Waals surface area contributed by atoms with Gasteiger partial charge in [-0.15, -0.1) is 0 Å². The normalized spacial score (nSPS) is 10.7. The first-order valence-electron chi connectivity index (χ1n) is 7.55. The number of ketones is 1. The lowest BCUT2D eigenvalue weighted by atomic mass is 9.99. The molecule has 0 amide bonds. The third kappa shape index (κ3) is 2.61. The zero-order chi connectivity index (χ0) is 16.4. The van der Waals surface area contributed by atoms with E-state index in [1.165, 1.54) is 6.08 Å². The topological polar surface area (TPSA) is 39.1 Å². The SMILES string of the molecule is C=CC(=O)c1ccc(-c2cn(CC)c(=O)c3ccccc23)cc1. The zero-order valence-electron chi connectivity index (χ0n) is 13.0. The van der Waals surface area contributed by atoms with Gasteiger partial charge in [0.15, 0.2) is 5.78 Å². The number of carbonyl (C=O) groups is 1. The van der Waals surface area contributed by atoms with E-state index in [4.69, 9.17) is 0 Å². The van der Waals surface area contributed by atoms with Gasteiger partial charge >= 0.3 is 0 Å². The minimum atomic E-state index is -0.0973. The van der Waals surface area contributed by atoms with Crippen molar-refractivity contribution < 1.29 is 4.79 Å². The molecule has 0 aliphatic carbocycles. The molecular formula is C20H17NO2. The smallest absolute Gasteiger partial charge is 0.258 e. The van der Waals surface area contributed by atoms with Crippen molar-refractivity contribution in [1.29, 1.82) is 0 Å². The fraction of sp³-hybridized carbons (Fsp3) is 0.100. The lowest BCUT2D eigenvalue weighted by Crippen LogP contribution is -2.19. The van der Waals surface area contributed by atoms with Gasteiger partial charge in [-0.2, -0.15) is 0 Å². The van der Waals surface area contributed by atoms with E-state index in [0.717, 1.165) is 16.5 Å². The molecule has 114 valence electrons. The molecule has 0 aliphatic rings. The minimum absolute atomic E-state index is 0.0188. The third-order valence-electron chi connectivity index (χ3n) is 4.00. The maximum atomic E-state index is 12.4. The van der Waals surface area contributed by atoms with Crippen LogP contribution in [0.1, 0.15) is 17.3 Å². The second kappa shape index (κ2) is 6.05. The number of hydrogen-bond acceptors (Lipinski definition) is 2. The molecule has 23 heavy (non-hydrogen) atoms. The molecule has 3 rings (SSSR count). The van der Waals surface area contributed by atoms with E-state index in [1.807, 2.05) is 49.5 Å². The van der Waals surface area contributed by atoms with Gasteiger partial charge in [0, 0.05) is 29.3 Å². The van der Waals surface area contributed by atoms with Crippen molar-refractivity contribution >= 4 is 16.6 Å². The molecule has 0 atom stereocenters. The number of allylic oxidation sites excluding steroid dienone is 1. The lowest BCUT2D eigenvalue weighted by Gasteiger charge is -2.11. The molecule has 0 N–H and O–H groups in total. The van der Waals surface area contributed by atoms with Crippen LogP contribution in [0.3, 0.4) is 0 Å². The van der Waals surface area contributed by atoms with E-state index in [9.17, 15) is 9.59 Å². The number of carbonyl (C=O) groups excluding carboxylic acids is 1. The van der Waals surface area contributed by atoms with Gasteiger partial charge in [-0.05, 0) is 30.0 Å². The summed E-state index contributed by atoms with van der Waals surface area (Å²) in [6, 6.07) is 15.0. The molecule has 0 saturated carbocycles. The first-order chi connectivity index (χ1) is 11.2. The van der Waals surface area contributed by atoms with Gasteiger partial charge in [0.05, 0.1) is 0 Å². The number of fused-ring (bicyclic) bond motifs is 1. The molecule has 2 aromatic carbocycles. The number of pyridine rings is 1. The summed E-state index contributed by atoms with van der Waals surface area (Å²) in [5, 5.41) is 1.63. The number of hydrogen-bond donors (Lipinski definition) is 0. The van der Waals surface area contributed by atoms with Gasteiger partial charge in [0.25, 0.3) is 5.56 Å². The Hall–Kier alpha value is -2.94. The molecule has 0 fully saturated rings. The fourth-order valence-corrected chi connectivity index (χ4v) is 2.74. The van der Waals surface area contributed by atoms with Crippen LogP contribution in [0, 0.1) is 0 Å². The second-order valence-electron chi connectivity index (χ2n) is 5.33.